The molecule has 0 fully saturated rings. The van der Waals surface area contributed by atoms with Crippen LogP contribution in [0.3, 0.4) is 0 Å². The molecule has 0 aliphatic heterocycles. The third-order valence-corrected chi connectivity index (χ3v) is 13.3. The second-order valence-electron chi connectivity index (χ2n) is 14.1. The Morgan fingerprint density at radius 3 is 1.27 bits per heavy atom. The van der Waals surface area contributed by atoms with E-state index in [4.69, 9.17) is 0 Å². The van der Waals surface area contributed by atoms with Crippen molar-refractivity contribution in [2.24, 2.45) is 0 Å². The van der Waals surface area contributed by atoms with Crippen LogP contribution >= 0.6 is 22.7 Å². The lowest BCUT2D eigenvalue weighted by Crippen LogP contribution is -2.09. The standard InChI is InChI=1S/C52H33NS2/c1-3-11-34(12-4-1)36-19-21-37(22-20-36)39-25-29-41(30-26-39)53(40-27-23-38(24-28-40)35-13-5-2-6-14-35)42-31-32-48-46(33-42)50-51(54-48)44-16-8-7-15-43(44)49-45-17-9-10-18-47(45)55-52(49)50/h1-33H. The van der Waals surface area contributed by atoms with Crippen molar-refractivity contribution in [2.45, 2.75) is 0 Å². The predicted molar refractivity (Wildman–Crippen MR) is 241 cm³/mol. The Balaban J connectivity index is 1.07. The van der Waals surface area contributed by atoms with Crippen LogP contribution < -0.4 is 4.90 Å². The Hall–Kier alpha value is -6.52. The summed E-state index contributed by atoms with van der Waals surface area (Å²) in [6.45, 7) is 0. The van der Waals surface area contributed by atoms with Crippen molar-refractivity contribution in [3.05, 3.63) is 200 Å². The van der Waals surface area contributed by atoms with Gasteiger partial charge in [0, 0.05) is 62.8 Å². The lowest BCUT2D eigenvalue weighted by atomic mass is 9.99. The van der Waals surface area contributed by atoms with E-state index in [1.54, 1.807) is 0 Å². The van der Waals surface area contributed by atoms with Crippen molar-refractivity contribution in [1.29, 1.82) is 0 Å². The molecule has 0 unspecified atom stereocenters. The molecule has 0 saturated heterocycles. The van der Waals surface area contributed by atoms with E-state index in [-0.39, 0.29) is 0 Å². The highest BCUT2D eigenvalue weighted by atomic mass is 32.1. The van der Waals surface area contributed by atoms with E-state index in [1.807, 2.05) is 22.7 Å². The van der Waals surface area contributed by atoms with Crippen LogP contribution in [0, 0.1) is 0 Å². The largest absolute Gasteiger partial charge is 0.310 e. The zero-order valence-corrected chi connectivity index (χ0v) is 31.4. The smallest absolute Gasteiger partial charge is 0.0468 e. The molecule has 0 atom stereocenters. The first-order valence-corrected chi connectivity index (χ1v) is 20.3. The Morgan fingerprint density at radius 2 is 0.691 bits per heavy atom. The van der Waals surface area contributed by atoms with Crippen molar-refractivity contribution in [2.75, 3.05) is 4.90 Å². The number of hydrogen-bond acceptors (Lipinski definition) is 3. The van der Waals surface area contributed by atoms with Crippen LogP contribution in [0.2, 0.25) is 0 Å². The van der Waals surface area contributed by atoms with Crippen LogP contribution in [0.25, 0.3) is 84.5 Å². The molecule has 1 nitrogen and oxygen atoms in total. The SMILES string of the molecule is c1ccc(-c2ccc(-c3ccc(N(c4ccc(-c5ccccc5)cc4)c4ccc5sc6c7ccccc7c7c8ccccc8sc7c6c5c4)cc3)cc2)cc1. The zero-order chi connectivity index (χ0) is 36.3. The van der Waals surface area contributed by atoms with Gasteiger partial charge in [0.15, 0.2) is 0 Å². The van der Waals surface area contributed by atoms with Crippen molar-refractivity contribution < 1.29 is 0 Å². The average molecular weight is 736 g/mol. The fraction of sp³-hybridized carbons (Fsp3) is 0. The number of nitrogens with zero attached hydrogens (tertiary/aromatic N) is 1. The second-order valence-corrected chi connectivity index (χ2v) is 16.2. The van der Waals surface area contributed by atoms with E-state index in [2.05, 4.69) is 205 Å². The Labute approximate surface area is 327 Å². The first-order chi connectivity index (χ1) is 27.3. The summed E-state index contributed by atoms with van der Waals surface area (Å²) in [6.07, 6.45) is 0. The van der Waals surface area contributed by atoms with E-state index >= 15 is 0 Å². The molecule has 0 aliphatic rings. The van der Waals surface area contributed by atoms with Crippen LogP contribution in [0.1, 0.15) is 0 Å². The molecule has 55 heavy (non-hydrogen) atoms. The van der Waals surface area contributed by atoms with Gasteiger partial charge in [-0.25, -0.2) is 0 Å². The molecular formula is C52H33NS2. The van der Waals surface area contributed by atoms with E-state index in [9.17, 15) is 0 Å². The number of hydrogen-bond donors (Lipinski definition) is 0. The van der Waals surface area contributed by atoms with Crippen molar-refractivity contribution in [3.63, 3.8) is 0 Å². The van der Waals surface area contributed by atoms with Crippen molar-refractivity contribution in [1.82, 2.24) is 0 Å². The van der Waals surface area contributed by atoms with E-state index < -0.39 is 0 Å². The first kappa shape index (κ1) is 32.0. The lowest BCUT2D eigenvalue weighted by Gasteiger charge is -2.26. The summed E-state index contributed by atoms with van der Waals surface area (Å²) in [5.41, 5.74) is 10.7. The predicted octanol–water partition coefficient (Wildman–Crippen LogP) is 16.0. The maximum Gasteiger partial charge on any atom is 0.0468 e. The molecule has 11 rings (SSSR count). The number of rotatable bonds is 6. The molecule has 0 amide bonds. The summed E-state index contributed by atoms with van der Waals surface area (Å²) in [5.74, 6) is 0. The molecule has 0 bridgehead atoms. The molecule has 0 N–H and O–H groups in total. The number of benzene rings is 9. The summed E-state index contributed by atoms with van der Waals surface area (Å²) >= 11 is 3.84. The van der Waals surface area contributed by atoms with Crippen molar-refractivity contribution in [3.8, 4) is 33.4 Å². The molecule has 9 aromatic carbocycles. The van der Waals surface area contributed by atoms with E-state index in [0.717, 1.165) is 17.1 Å². The minimum Gasteiger partial charge on any atom is -0.310 e. The van der Waals surface area contributed by atoms with Crippen LogP contribution in [0.15, 0.2) is 200 Å². The van der Waals surface area contributed by atoms with Gasteiger partial charge in [0.05, 0.1) is 0 Å². The van der Waals surface area contributed by atoms with Gasteiger partial charge in [-0.05, 0) is 87.3 Å². The van der Waals surface area contributed by atoms with Gasteiger partial charge in [-0.15, -0.1) is 22.7 Å². The minimum absolute atomic E-state index is 1.12. The lowest BCUT2D eigenvalue weighted by molar-refractivity contribution is 1.29. The average Bonchev–Trinajstić information content (AvgIpc) is 3.84. The van der Waals surface area contributed by atoms with E-state index in [1.165, 1.54) is 84.5 Å². The molecule has 0 spiro atoms. The van der Waals surface area contributed by atoms with Gasteiger partial charge >= 0.3 is 0 Å². The minimum atomic E-state index is 1.12. The van der Waals surface area contributed by atoms with Gasteiger partial charge < -0.3 is 4.90 Å². The number of fused-ring (bicyclic) bond motifs is 10. The summed E-state index contributed by atoms with van der Waals surface area (Å²) in [6, 6.07) is 73.0. The van der Waals surface area contributed by atoms with Crippen LogP contribution in [-0.4, -0.2) is 0 Å². The van der Waals surface area contributed by atoms with Crippen LogP contribution in [0.5, 0.6) is 0 Å². The quantitative estimate of drug-likeness (QED) is 0.164. The Kier molecular flexibility index (Phi) is 7.61. The fourth-order valence-electron chi connectivity index (χ4n) is 8.20. The topological polar surface area (TPSA) is 3.24 Å². The highest BCUT2D eigenvalue weighted by Crippen LogP contribution is 2.50. The van der Waals surface area contributed by atoms with Gasteiger partial charge in [-0.1, -0.05) is 152 Å². The van der Waals surface area contributed by atoms with Gasteiger partial charge in [0.2, 0.25) is 0 Å². The normalized spacial score (nSPS) is 11.6. The van der Waals surface area contributed by atoms with E-state index in [0.29, 0.717) is 0 Å². The van der Waals surface area contributed by atoms with Gasteiger partial charge in [-0.3, -0.25) is 0 Å². The zero-order valence-electron chi connectivity index (χ0n) is 29.8. The van der Waals surface area contributed by atoms with Gasteiger partial charge in [0.1, 0.15) is 0 Å². The molecular weight excluding hydrogens is 703 g/mol. The van der Waals surface area contributed by atoms with Crippen LogP contribution in [-0.2, 0) is 0 Å². The molecule has 0 saturated carbocycles. The number of anilines is 3. The molecule has 3 heteroatoms. The second kappa shape index (κ2) is 13.1. The fourth-order valence-corrected chi connectivity index (χ4v) is 10.8. The molecule has 2 heterocycles. The summed E-state index contributed by atoms with van der Waals surface area (Å²) in [7, 11) is 0. The number of thiophene rings is 2. The molecule has 11 aromatic rings. The maximum absolute atomic E-state index is 2.42. The third-order valence-electron chi connectivity index (χ3n) is 10.9. The first-order valence-electron chi connectivity index (χ1n) is 18.7. The molecule has 2 aromatic heterocycles. The Morgan fingerprint density at radius 1 is 0.273 bits per heavy atom. The maximum atomic E-state index is 2.42. The third kappa shape index (κ3) is 5.43. The molecule has 258 valence electrons. The molecule has 0 radical (unpaired) electrons. The van der Waals surface area contributed by atoms with Crippen molar-refractivity contribution >= 4 is 90.9 Å². The summed E-state index contributed by atoms with van der Waals surface area (Å²) in [4.78, 5) is 2.41. The van der Waals surface area contributed by atoms with Gasteiger partial charge in [0.25, 0.3) is 0 Å². The summed E-state index contributed by atoms with van der Waals surface area (Å²) < 4.78 is 5.38. The summed E-state index contributed by atoms with van der Waals surface area (Å²) in [5, 5.41) is 8.05. The molecule has 0 aliphatic carbocycles. The highest BCUT2D eigenvalue weighted by Gasteiger charge is 2.20. The highest BCUT2D eigenvalue weighted by molar-refractivity contribution is 7.30. The van der Waals surface area contributed by atoms with Crippen LogP contribution in [0.4, 0.5) is 17.1 Å². The monoisotopic (exact) mass is 735 g/mol. The Bertz CT molecular complexity index is 3160. The van der Waals surface area contributed by atoms with Gasteiger partial charge in [-0.2, -0.15) is 0 Å².